The Hall–Kier alpha value is -0.120. The lowest BCUT2D eigenvalue weighted by Gasteiger charge is -2.13. The number of hydrogen-bond donors (Lipinski definition) is 1. The molecular formula is C9H22N2O. The zero-order chi connectivity index (χ0) is 9.23. The molecule has 0 aromatic carbocycles. The van der Waals surface area contributed by atoms with Crippen LogP contribution in [0.4, 0.5) is 0 Å². The summed E-state index contributed by atoms with van der Waals surface area (Å²) in [5, 5.41) is 3.04. The van der Waals surface area contributed by atoms with E-state index in [9.17, 15) is 0 Å². The lowest BCUT2D eigenvalue weighted by Crippen LogP contribution is -2.21. The largest absolute Gasteiger partial charge is 0.380 e. The second-order valence-electron chi connectivity index (χ2n) is 2.97. The van der Waals surface area contributed by atoms with Gasteiger partial charge in [0.1, 0.15) is 0 Å². The van der Waals surface area contributed by atoms with Crippen LogP contribution < -0.4 is 5.32 Å². The van der Waals surface area contributed by atoms with Crippen LogP contribution in [0.3, 0.4) is 0 Å². The Balaban J connectivity index is 2.90. The molecule has 0 aliphatic carbocycles. The van der Waals surface area contributed by atoms with E-state index in [0.29, 0.717) is 0 Å². The van der Waals surface area contributed by atoms with Crippen LogP contribution in [0.5, 0.6) is 0 Å². The molecule has 12 heavy (non-hydrogen) atoms. The van der Waals surface area contributed by atoms with Gasteiger partial charge in [0, 0.05) is 19.7 Å². The average molecular weight is 174 g/mol. The predicted octanol–water partition coefficient (Wildman–Crippen LogP) is 0.564. The van der Waals surface area contributed by atoms with Crippen molar-refractivity contribution in [3.05, 3.63) is 0 Å². The van der Waals surface area contributed by atoms with E-state index in [0.717, 1.165) is 39.3 Å². The molecule has 0 radical (unpaired) electrons. The van der Waals surface area contributed by atoms with E-state index in [-0.39, 0.29) is 0 Å². The van der Waals surface area contributed by atoms with Crippen LogP contribution in [0, 0.1) is 0 Å². The zero-order valence-corrected chi connectivity index (χ0v) is 8.60. The molecule has 0 unspecified atom stereocenters. The van der Waals surface area contributed by atoms with Gasteiger partial charge < -0.3 is 15.0 Å². The molecule has 74 valence electrons. The molecule has 3 heteroatoms. The molecule has 0 atom stereocenters. The fourth-order valence-corrected chi connectivity index (χ4v) is 0.871. The van der Waals surface area contributed by atoms with Crippen LogP contribution in [0.2, 0.25) is 0 Å². The van der Waals surface area contributed by atoms with E-state index in [1.165, 1.54) is 0 Å². The Labute approximate surface area is 76.1 Å². The number of nitrogens with one attached hydrogen (secondary N) is 1. The highest BCUT2D eigenvalue weighted by molar-refractivity contribution is 4.47. The number of hydrogen-bond acceptors (Lipinski definition) is 3. The van der Waals surface area contributed by atoms with Crippen LogP contribution in [0.1, 0.15) is 13.3 Å². The van der Waals surface area contributed by atoms with Gasteiger partial charge in [-0.3, -0.25) is 0 Å². The molecule has 1 N–H and O–H groups in total. The molecule has 0 bridgehead atoms. The van der Waals surface area contributed by atoms with E-state index in [4.69, 9.17) is 4.74 Å². The lowest BCUT2D eigenvalue weighted by molar-refractivity contribution is 0.127. The van der Waals surface area contributed by atoms with Gasteiger partial charge in [0.15, 0.2) is 0 Å². The van der Waals surface area contributed by atoms with Crippen LogP contribution in [0.15, 0.2) is 0 Å². The summed E-state index contributed by atoms with van der Waals surface area (Å²) in [6, 6.07) is 0. The van der Waals surface area contributed by atoms with Crippen molar-refractivity contribution in [3.8, 4) is 0 Å². The highest BCUT2D eigenvalue weighted by atomic mass is 16.5. The summed E-state index contributed by atoms with van der Waals surface area (Å²) < 4.78 is 5.38. The zero-order valence-electron chi connectivity index (χ0n) is 8.60. The Morgan fingerprint density at radius 1 is 1.33 bits per heavy atom. The van der Waals surface area contributed by atoms with Crippen molar-refractivity contribution in [2.75, 3.05) is 46.9 Å². The highest BCUT2D eigenvalue weighted by Gasteiger charge is 1.93. The number of ether oxygens (including phenoxy) is 1. The van der Waals surface area contributed by atoms with E-state index in [1.54, 1.807) is 0 Å². The molecule has 0 spiro atoms. The summed E-state index contributed by atoms with van der Waals surface area (Å²) in [5.41, 5.74) is 0. The van der Waals surface area contributed by atoms with Crippen LogP contribution >= 0.6 is 0 Å². The fraction of sp³-hybridized carbons (Fsp3) is 1.00. The molecule has 0 aromatic rings. The molecule has 0 aromatic heterocycles. The van der Waals surface area contributed by atoms with Gasteiger partial charge in [0.2, 0.25) is 0 Å². The minimum absolute atomic E-state index is 0.826. The van der Waals surface area contributed by atoms with E-state index >= 15 is 0 Å². The first kappa shape index (κ1) is 11.9. The monoisotopic (exact) mass is 174 g/mol. The van der Waals surface area contributed by atoms with Crippen molar-refractivity contribution in [2.45, 2.75) is 13.3 Å². The van der Waals surface area contributed by atoms with E-state index in [1.807, 2.05) is 7.05 Å². The third-order valence-electron chi connectivity index (χ3n) is 1.86. The highest BCUT2D eigenvalue weighted by Crippen LogP contribution is 1.87. The first-order valence-electron chi connectivity index (χ1n) is 4.72. The molecular weight excluding hydrogens is 152 g/mol. The van der Waals surface area contributed by atoms with Gasteiger partial charge in [0.25, 0.3) is 0 Å². The van der Waals surface area contributed by atoms with Crippen molar-refractivity contribution >= 4 is 0 Å². The summed E-state index contributed by atoms with van der Waals surface area (Å²) in [7, 11) is 4.07. The van der Waals surface area contributed by atoms with Crippen LogP contribution in [-0.2, 0) is 4.74 Å². The van der Waals surface area contributed by atoms with E-state index < -0.39 is 0 Å². The molecule has 0 rings (SSSR count). The normalized spacial score (nSPS) is 11.0. The smallest absolute Gasteiger partial charge is 0.0590 e. The molecule has 0 heterocycles. The predicted molar refractivity (Wildman–Crippen MR) is 52.5 cm³/mol. The minimum Gasteiger partial charge on any atom is -0.380 e. The number of likely N-dealkylation sites (N-methyl/N-ethyl adjacent to an activating group) is 1. The first-order chi connectivity index (χ1) is 5.81. The van der Waals surface area contributed by atoms with E-state index in [2.05, 4.69) is 24.2 Å². The van der Waals surface area contributed by atoms with Gasteiger partial charge in [0.05, 0.1) is 6.61 Å². The Kier molecular flexibility index (Phi) is 8.88. The maximum absolute atomic E-state index is 5.38. The summed E-state index contributed by atoms with van der Waals surface area (Å²) in [6.45, 7) is 7.08. The van der Waals surface area contributed by atoms with Gasteiger partial charge in [-0.2, -0.15) is 0 Å². The quantitative estimate of drug-likeness (QED) is 0.544. The Morgan fingerprint density at radius 3 is 2.67 bits per heavy atom. The van der Waals surface area contributed by atoms with Crippen molar-refractivity contribution in [1.29, 1.82) is 0 Å². The summed E-state index contributed by atoms with van der Waals surface area (Å²) >= 11 is 0. The topological polar surface area (TPSA) is 24.5 Å². The SMILES string of the molecule is CCN(C)CCCOCCNC. The third-order valence-corrected chi connectivity index (χ3v) is 1.86. The summed E-state index contributed by atoms with van der Waals surface area (Å²) in [6.07, 6.45) is 1.13. The molecule has 0 saturated carbocycles. The van der Waals surface area contributed by atoms with Gasteiger partial charge in [-0.05, 0) is 27.1 Å². The summed E-state index contributed by atoms with van der Waals surface area (Å²) in [5.74, 6) is 0. The molecule has 0 amide bonds. The fourth-order valence-electron chi connectivity index (χ4n) is 0.871. The minimum atomic E-state index is 0.826. The van der Waals surface area contributed by atoms with Crippen molar-refractivity contribution in [1.82, 2.24) is 10.2 Å². The van der Waals surface area contributed by atoms with Crippen LogP contribution in [0.25, 0.3) is 0 Å². The third kappa shape index (κ3) is 7.98. The Bertz CT molecular complexity index is 88.6. The van der Waals surface area contributed by atoms with Crippen molar-refractivity contribution in [2.24, 2.45) is 0 Å². The number of nitrogens with zero attached hydrogens (tertiary/aromatic N) is 1. The standard InChI is InChI=1S/C9H22N2O/c1-4-11(3)7-5-8-12-9-6-10-2/h10H,4-9H2,1-3H3. The Morgan fingerprint density at radius 2 is 2.08 bits per heavy atom. The molecule has 0 fully saturated rings. The van der Waals surface area contributed by atoms with Gasteiger partial charge in [-0.25, -0.2) is 0 Å². The molecule has 0 saturated heterocycles. The molecule has 3 nitrogen and oxygen atoms in total. The average Bonchev–Trinajstić information content (AvgIpc) is 2.10. The maximum Gasteiger partial charge on any atom is 0.0590 e. The van der Waals surface area contributed by atoms with Crippen LogP contribution in [-0.4, -0.2) is 51.8 Å². The molecule has 0 aliphatic heterocycles. The summed E-state index contributed by atoms with van der Waals surface area (Å²) in [4.78, 5) is 2.29. The van der Waals surface area contributed by atoms with Gasteiger partial charge in [-0.1, -0.05) is 6.92 Å². The van der Waals surface area contributed by atoms with Gasteiger partial charge >= 0.3 is 0 Å². The first-order valence-corrected chi connectivity index (χ1v) is 4.72. The second kappa shape index (κ2) is 8.97. The van der Waals surface area contributed by atoms with Crippen molar-refractivity contribution in [3.63, 3.8) is 0 Å². The second-order valence-corrected chi connectivity index (χ2v) is 2.97. The maximum atomic E-state index is 5.38. The lowest BCUT2D eigenvalue weighted by atomic mass is 10.4. The molecule has 0 aliphatic rings. The number of rotatable bonds is 8. The van der Waals surface area contributed by atoms with Crippen molar-refractivity contribution < 1.29 is 4.74 Å². The van der Waals surface area contributed by atoms with Gasteiger partial charge in [-0.15, -0.1) is 0 Å².